The lowest BCUT2D eigenvalue weighted by molar-refractivity contribution is -0.385. The molecule has 6 heteroatoms. The van der Waals surface area contributed by atoms with Crippen LogP contribution in [-0.4, -0.2) is 22.5 Å². The third kappa shape index (κ3) is 4.22. The molecule has 1 aromatic rings. The summed E-state index contributed by atoms with van der Waals surface area (Å²) in [5.41, 5.74) is 1.16. The van der Waals surface area contributed by atoms with Gasteiger partial charge in [-0.15, -0.1) is 0 Å². The first-order valence-corrected chi connectivity index (χ1v) is 6.53. The van der Waals surface area contributed by atoms with Crippen LogP contribution in [0.4, 0.5) is 11.4 Å². The standard InChI is InChI=1S/C14H20N2O4/c1-9(2)7-11(14(17)18)8-15-12-5-4-6-13(10(12)3)16(19)20/h4-6,9,11,15H,7-8H2,1-3H3,(H,17,18). The van der Waals surface area contributed by atoms with Crippen molar-refractivity contribution in [2.45, 2.75) is 27.2 Å². The highest BCUT2D eigenvalue weighted by Gasteiger charge is 2.20. The van der Waals surface area contributed by atoms with Crippen molar-refractivity contribution in [3.05, 3.63) is 33.9 Å². The number of hydrogen-bond donors (Lipinski definition) is 2. The van der Waals surface area contributed by atoms with Crippen LogP contribution in [0.5, 0.6) is 0 Å². The Morgan fingerprint density at radius 2 is 2.10 bits per heavy atom. The van der Waals surface area contributed by atoms with Crippen LogP contribution in [-0.2, 0) is 4.79 Å². The summed E-state index contributed by atoms with van der Waals surface area (Å²) in [6, 6.07) is 4.74. The van der Waals surface area contributed by atoms with Crippen LogP contribution in [0.1, 0.15) is 25.8 Å². The Balaban J connectivity index is 2.80. The summed E-state index contributed by atoms with van der Waals surface area (Å²) in [6.07, 6.45) is 0.566. The summed E-state index contributed by atoms with van der Waals surface area (Å²) < 4.78 is 0. The van der Waals surface area contributed by atoms with Gasteiger partial charge in [0, 0.05) is 23.9 Å². The Bertz CT molecular complexity index is 500. The van der Waals surface area contributed by atoms with Gasteiger partial charge in [0.1, 0.15) is 0 Å². The van der Waals surface area contributed by atoms with Crippen LogP contribution in [0, 0.1) is 28.9 Å². The van der Waals surface area contributed by atoms with Gasteiger partial charge in [0.15, 0.2) is 0 Å². The zero-order valence-electron chi connectivity index (χ0n) is 11.9. The molecule has 0 saturated carbocycles. The second-order valence-electron chi connectivity index (χ2n) is 5.25. The van der Waals surface area contributed by atoms with Crippen molar-refractivity contribution in [2.24, 2.45) is 11.8 Å². The van der Waals surface area contributed by atoms with Gasteiger partial charge in [-0.2, -0.15) is 0 Å². The first-order valence-electron chi connectivity index (χ1n) is 6.53. The Morgan fingerprint density at radius 3 is 2.60 bits per heavy atom. The van der Waals surface area contributed by atoms with Crippen molar-refractivity contribution in [3.63, 3.8) is 0 Å². The van der Waals surface area contributed by atoms with E-state index in [0.717, 1.165) is 0 Å². The van der Waals surface area contributed by atoms with Gasteiger partial charge in [0.2, 0.25) is 0 Å². The van der Waals surface area contributed by atoms with Gasteiger partial charge >= 0.3 is 5.97 Å². The third-order valence-corrected chi connectivity index (χ3v) is 3.15. The Hall–Kier alpha value is -2.11. The van der Waals surface area contributed by atoms with Crippen LogP contribution >= 0.6 is 0 Å². The first kappa shape index (κ1) is 15.9. The molecule has 0 aliphatic heterocycles. The van der Waals surface area contributed by atoms with Crippen molar-refractivity contribution >= 4 is 17.3 Å². The van der Waals surface area contributed by atoms with Gasteiger partial charge in [-0.1, -0.05) is 19.9 Å². The van der Waals surface area contributed by atoms with E-state index in [-0.39, 0.29) is 18.2 Å². The zero-order chi connectivity index (χ0) is 15.3. The summed E-state index contributed by atoms with van der Waals surface area (Å²) >= 11 is 0. The second-order valence-corrected chi connectivity index (χ2v) is 5.25. The molecule has 20 heavy (non-hydrogen) atoms. The Morgan fingerprint density at radius 1 is 1.45 bits per heavy atom. The quantitative estimate of drug-likeness (QED) is 0.591. The van der Waals surface area contributed by atoms with E-state index in [0.29, 0.717) is 17.7 Å². The lowest BCUT2D eigenvalue weighted by Gasteiger charge is -2.17. The van der Waals surface area contributed by atoms with Gasteiger partial charge in [-0.05, 0) is 25.3 Å². The predicted octanol–water partition coefficient (Wildman–Crippen LogP) is 3.06. The molecule has 1 atom stereocenters. The van der Waals surface area contributed by atoms with Crippen LogP contribution in [0.15, 0.2) is 18.2 Å². The monoisotopic (exact) mass is 280 g/mol. The SMILES string of the molecule is Cc1c(NCC(CC(C)C)C(=O)O)cccc1[N+](=O)[O-]. The molecule has 0 amide bonds. The third-order valence-electron chi connectivity index (χ3n) is 3.15. The molecule has 0 heterocycles. The molecule has 1 aromatic carbocycles. The number of aliphatic carboxylic acids is 1. The summed E-state index contributed by atoms with van der Waals surface area (Å²) in [5.74, 6) is -1.08. The molecule has 1 unspecified atom stereocenters. The minimum atomic E-state index is -0.853. The van der Waals surface area contributed by atoms with Crippen molar-refractivity contribution < 1.29 is 14.8 Å². The molecular formula is C14H20N2O4. The molecule has 0 radical (unpaired) electrons. The van der Waals surface area contributed by atoms with E-state index < -0.39 is 16.8 Å². The lowest BCUT2D eigenvalue weighted by atomic mass is 9.97. The largest absolute Gasteiger partial charge is 0.481 e. The maximum Gasteiger partial charge on any atom is 0.308 e. The number of carbonyl (C=O) groups is 1. The van der Waals surface area contributed by atoms with Crippen molar-refractivity contribution in [2.75, 3.05) is 11.9 Å². The van der Waals surface area contributed by atoms with E-state index in [4.69, 9.17) is 5.11 Å². The minimum absolute atomic E-state index is 0.0331. The summed E-state index contributed by atoms with van der Waals surface area (Å²) in [5, 5.41) is 23.0. The zero-order valence-corrected chi connectivity index (χ0v) is 11.9. The highest BCUT2D eigenvalue weighted by molar-refractivity contribution is 5.71. The molecular weight excluding hydrogens is 260 g/mol. The average molecular weight is 280 g/mol. The van der Waals surface area contributed by atoms with E-state index >= 15 is 0 Å². The van der Waals surface area contributed by atoms with Crippen molar-refractivity contribution in [3.8, 4) is 0 Å². The highest BCUT2D eigenvalue weighted by atomic mass is 16.6. The molecule has 0 fully saturated rings. The number of nitrogens with one attached hydrogen (secondary N) is 1. The van der Waals surface area contributed by atoms with Gasteiger partial charge in [-0.25, -0.2) is 0 Å². The van der Waals surface area contributed by atoms with Crippen molar-refractivity contribution in [1.29, 1.82) is 0 Å². The molecule has 6 nitrogen and oxygen atoms in total. The number of benzene rings is 1. The summed E-state index contributed by atoms with van der Waals surface area (Å²) in [4.78, 5) is 21.6. The number of nitro groups is 1. The molecule has 0 saturated heterocycles. The van der Waals surface area contributed by atoms with E-state index in [1.165, 1.54) is 6.07 Å². The highest BCUT2D eigenvalue weighted by Crippen LogP contribution is 2.25. The van der Waals surface area contributed by atoms with Gasteiger partial charge < -0.3 is 10.4 Å². The molecule has 0 aromatic heterocycles. The first-order chi connectivity index (χ1) is 9.32. The summed E-state index contributed by atoms with van der Waals surface area (Å²) in [7, 11) is 0. The Labute approximate surface area is 118 Å². The van der Waals surface area contributed by atoms with E-state index in [2.05, 4.69) is 5.32 Å². The second kappa shape index (κ2) is 6.88. The lowest BCUT2D eigenvalue weighted by Crippen LogP contribution is -2.24. The number of carboxylic acid groups (broad SMARTS) is 1. The number of nitrogens with zero attached hydrogens (tertiary/aromatic N) is 1. The topological polar surface area (TPSA) is 92.5 Å². The smallest absolute Gasteiger partial charge is 0.308 e. The molecule has 0 spiro atoms. The molecule has 110 valence electrons. The van der Waals surface area contributed by atoms with Crippen molar-refractivity contribution in [1.82, 2.24) is 0 Å². The molecule has 0 aliphatic rings. The fraction of sp³-hybridized carbons (Fsp3) is 0.500. The molecule has 0 aliphatic carbocycles. The number of anilines is 1. The van der Waals surface area contributed by atoms with Crippen LogP contribution < -0.4 is 5.32 Å². The fourth-order valence-electron chi connectivity index (χ4n) is 2.09. The maximum atomic E-state index is 11.2. The van der Waals surface area contributed by atoms with Gasteiger partial charge in [-0.3, -0.25) is 14.9 Å². The minimum Gasteiger partial charge on any atom is -0.481 e. The van der Waals surface area contributed by atoms with Crippen LogP contribution in [0.25, 0.3) is 0 Å². The molecule has 0 bridgehead atoms. The summed E-state index contributed by atoms with van der Waals surface area (Å²) in [6.45, 7) is 5.84. The van der Waals surface area contributed by atoms with E-state index in [1.807, 2.05) is 13.8 Å². The van der Waals surface area contributed by atoms with E-state index in [1.54, 1.807) is 19.1 Å². The van der Waals surface area contributed by atoms with Gasteiger partial charge in [0.05, 0.1) is 10.8 Å². The average Bonchev–Trinajstić information content (AvgIpc) is 2.34. The van der Waals surface area contributed by atoms with E-state index in [9.17, 15) is 14.9 Å². The predicted molar refractivity (Wildman–Crippen MR) is 76.9 cm³/mol. The Kier molecular flexibility index (Phi) is 5.49. The normalized spacial score (nSPS) is 12.2. The number of hydrogen-bond acceptors (Lipinski definition) is 4. The van der Waals surface area contributed by atoms with Gasteiger partial charge in [0.25, 0.3) is 5.69 Å². The fourth-order valence-corrected chi connectivity index (χ4v) is 2.09. The van der Waals surface area contributed by atoms with Crippen LogP contribution in [0.3, 0.4) is 0 Å². The van der Waals surface area contributed by atoms with Crippen LogP contribution in [0.2, 0.25) is 0 Å². The number of rotatable bonds is 7. The number of nitro benzene ring substituents is 1. The number of carboxylic acids is 1. The maximum absolute atomic E-state index is 11.2. The molecule has 1 rings (SSSR count). The molecule has 2 N–H and O–H groups in total.